The van der Waals surface area contributed by atoms with Gasteiger partial charge in [0.1, 0.15) is 11.6 Å². The van der Waals surface area contributed by atoms with Gasteiger partial charge < -0.3 is 4.74 Å². The van der Waals surface area contributed by atoms with Crippen molar-refractivity contribution < 1.29 is 4.74 Å². The maximum Gasteiger partial charge on any atom is 0.140 e. The molecule has 0 saturated heterocycles. The molecule has 0 amide bonds. The van der Waals surface area contributed by atoms with Gasteiger partial charge in [0, 0.05) is 11.8 Å². The van der Waals surface area contributed by atoms with Gasteiger partial charge in [-0.25, -0.2) is 14.5 Å². The third-order valence-electron chi connectivity index (χ3n) is 3.21. The molecular formula is C14H13ClN4O. The van der Waals surface area contributed by atoms with E-state index in [0.29, 0.717) is 16.5 Å². The standard InChI is InChI=1S/C14H13ClN4O/c1-8-13(20-3)5-4-12-10(6-17-19(8)12)14-11(15)7-16-9(2)18-14/h4-7H,1-3H3. The number of nitrogens with zero attached hydrogens (tertiary/aromatic N) is 4. The molecule has 0 unspecified atom stereocenters. The van der Waals surface area contributed by atoms with Crippen molar-refractivity contribution >= 4 is 17.1 Å². The van der Waals surface area contributed by atoms with Crippen molar-refractivity contribution in [2.24, 2.45) is 0 Å². The molecule has 0 aliphatic heterocycles. The molecule has 3 heterocycles. The summed E-state index contributed by atoms with van der Waals surface area (Å²) in [6.45, 7) is 3.79. The number of pyridine rings is 1. The second-order valence-corrected chi connectivity index (χ2v) is 4.86. The Kier molecular flexibility index (Phi) is 3.06. The molecule has 20 heavy (non-hydrogen) atoms. The fraction of sp³-hybridized carbons (Fsp3) is 0.214. The molecule has 0 N–H and O–H groups in total. The number of hydrogen-bond acceptors (Lipinski definition) is 4. The fourth-order valence-electron chi connectivity index (χ4n) is 2.21. The van der Waals surface area contributed by atoms with Gasteiger partial charge in [0.05, 0.1) is 35.2 Å². The number of fused-ring (bicyclic) bond motifs is 1. The zero-order valence-electron chi connectivity index (χ0n) is 11.4. The van der Waals surface area contributed by atoms with E-state index in [1.807, 2.05) is 30.5 Å². The maximum absolute atomic E-state index is 6.20. The maximum atomic E-state index is 6.20. The van der Waals surface area contributed by atoms with Gasteiger partial charge in [-0.15, -0.1) is 0 Å². The number of aromatic nitrogens is 4. The van der Waals surface area contributed by atoms with Crippen LogP contribution in [0.2, 0.25) is 5.02 Å². The van der Waals surface area contributed by atoms with Crippen LogP contribution in [0.15, 0.2) is 24.5 Å². The van der Waals surface area contributed by atoms with Gasteiger partial charge in [-0.1, -0.05) is 11.6 Å². The zero-order valence-corrected chi connectivity index (χ0v) is 12.1. The molecule has 0 radical (unpaired) electrons. The number of aryl methyl sites for hydroxylation is 2. The lowest BCUT2D eigenvalue weighted by molar-refractivity contribution is 0.407. The fourth-order valence-corrected chi connectivity index (χ4v) is 2.40. The van der Waals surface area contributed by atoms with Gasteiger partial charge in [0.15, 0.2) is 0 Å². The Morgan fingerprint density at radius 1 is 1.20 bits per heavy atom. The van der Waals surface area contributed by atoms with Gasteiger partial charge in [-0.2, -0.15) is 5.10 Å². The van der Waals surface area contributed by atoms with Crippen LogP contribution in [0.3, 0.4) is 0 Å². The van der Waals surface area contributed by atoms with Crippen molar-refractivity contribution in [2.75, 3.05) is 7.11 Å². The lowest BCUT2D eigenvalue weighted by Crippen LogP contribution is -1.97. The van der Waals surface area contributed by atoms with Crippen LogP contribution in [-0.4, -0.2) is 26.7 Å². The quantitative estimate of drug-likeness (QED) is 0.727. The minimum Gasteiger partial charge on any atom is -0.495 e. The van der Waals surface area contributed by atoms with Crippen LogP contribution in [-0.2, 0) is 0 Å². The van der Waals surface area contributed by atoms with Crippen LogP contribution in [0.25, 0.3) is 16.8 Å². The summed E-state index contributed by atoms with van der Waals surface area (Å²) >= 11 is 6.20. The van der Waals surface area contributed by atoms with Gasteiger partial charge in [0.25, 0.3) is 0 Å². The van der Waals surface area contributed by atoms with E-state index in [1.165, 1.54) is 0 Å². The van der Waals surface area contributed by atoms with E-state index >= 15 is 0 Å². The van der Waals surface area contributed by atoms with E-state index in [0.717, 1.165) is 22.5 Å². The normalized spacial score (nSPS) is 11.0. The lowest BCUT2D eigenvalue weighted by Gasteiger charge is -2.07. The zero-order chi connectivity index (χ0) is 14.3. The Morgan fingerprint density at radius 2 is 2.00 bits per heavy atom. The molecule has 0 fully saturated rings. The number of rotatable bonds is 2. The van der Waals surface area contributed by atoms with Crippen LogP contribution in [0.1, 0.15) is 11.5 Å². The van der Waals surface area contributed by atoms with Crippen molar-refractivity contribution in [3.8, 4) is 17.0 Å². The van der Waals surface area contributed by atoms with Gasteiger partial charge in [-0.05, 0) is 26.0 Å². The van der Waals surface area contributed by atoms with Crippen LogP contribution in [0.4, 0.5) is 0 Å². The molecule has 3 rings (SSSR count). The second-order valence-electron chi connectivity index (χ2n) is 4.46. The Balaban J connectivity index is 2.28. The summed E-state index contributed by atoms with van der Waals surface area (Å²) in [7, 11) is 1.64. The average Bonchev–Trinajstić information content (AvgIpc) is 2.86. The number of hydrogen-bond donors (Lipinski definition) is 0. The summed E-state index contributed by atoms with van der Waals surface area (Å²) < 4.78 is 7.12. The predicted molar refractivity (Wildman–Crippen MR) is 77.3 cm³/mol. The summed E-state index contributed by atoms with van der Waals surface area (Å²) in [6.07, 6.45) is 3.37. The summed E-state index contributed by atoms with van der Waals surface area (Å²) in [5.74, 6) is 1.46. The Labute approximate surface area is 121 Å². The first-order valence-corrected chi connectivity index (χ1v) is 6.50. The molecule has 0 atom stereocenters. The molecule has 3 aromatic heterocycles. The van der Waals surface area contributed by atoms with Crippen molar-refractivity contribution in [1.29, 1.82) is 0 Å². The van der Waals surface area contributed by atoms with Gasteiger partial charge in [-0.3, -0.25) is 0 Å². The van der Waals surface area contributed by atoms with E-state index in [9.17, 15) is 0 Å². The van der Waals surface area contributed by atoms with E-state index in [2.05, 4.69) is 15.1 Å². The molecule has 3 aromatic rings. The molecule has 0 aliphatic carbocycles. The lowest BCUT2D eigenvalue weighted by atomic mass is 10.2. The summed E-state index contributed by atoms with van der Waals surface area (Å²) in [6, 6.07) is 3.86. The largest absolute Gasteiger partial charge is 0.495 e. The van der Waals surface area contributed by atoms with Crippen LogP contribution in [0.5, 0.6) is 5.75 Å². The first-order chi connectivity index (χ1) is 9.61. The molecule has 6 heteroatoms. The third kappa shape index (κ3) is 1.91. The first-order valence-electron chi connectivity index (χ1n) is 6.12. The number of methoxy groups -OCH3 is 1. The topological polar surface area (TPSA) is 52.3 Å². The average molecular weight is 289 g/mol. The van der Waals surface area contributed by atoms with Crippen molar-refractivity contribution in [1.82, 2.24) is 19.6 Å². The Hall–Kier alpha value is -2.14. The smallest absolute Gasteiger partial charge is 0.140 e. The van der Waals surface area contributed by atoms with E-state index in [4.69, 9.17) is 16.3 Å². The Morgan fingerprint density at radius 3 is 2.75 bits per heavy atom. The highest BCUT2D eigenvalue weighted by molar-refractivity contribution is 6.33. The highest BCUT2D eigenvalue weighted by atomic mass is 35.5. The monoisotopic (exact) mass is 288 g/mol. The molecule has 5 nitrogen and oxygen atoms in total. The van der Waals surface area contributed by atoms with E-state index < -0.39 is 0 Å². The predicted octanol–water partition coefficient (Wildman–Crippen LogP) is 3.07. The minimum atomic E-state index is 0.513. The summed E-state index contributed by atoms with van der Waals surface area (Å²) in [4.78, 5) is 8.49. The Bertz CT molecular complexity index is 797. The van der Waals surface area contributed by atoms with Crippen LogP contribution < -0.4 is 4.74 Å². The first kappa shape index (κ1) is 12.9. The molecule has 0 saturated carbocycles. The summed E-state index contributed by atoms with van der Waals surface area (Å²) in [5.41, 5.74) is 3.44. The number of halogens is 1. The highest BCUT2D eigenvalue weighted by Gasteiger charge is 2.14. The molecule has 0 aliphatic rings. The molecular weight excluding hydrogens is 276 g/mol. The van der Waals surface area contributed by atoms with Crippen molar-refractivity contribution in [3.05, 3.63) is 41.1 Å². The van der Waals surface area contributed by atoms with Gasteiger partial charge >= 0.3 is 0 Å². The number of ether oxygens (including phenoxy) is 1. The SMILES string of the molecule is COc1ccc2c(-c3nc(C)ncc3Cl)cnn2c1C. The van der Waals surface area contributed by atoms with Crippen molar-refractivity contribution in [2.45, 2.75) is 13.8 Å². The minimum absolute atomic E-state index is 0.513. The molecule has 0 aromatic carbocycles. The van der Waals surface area contributed by atoms with Crippen LogP contribution in [0, 0.1) is 13.8 Å². The van der Waals surface area contributed by atoms with E-state index in [-0.39, 0.29) is 0 Å². The molecule has 102 valence electrons. The molecule has 0 spiro atoms. The van der Waals surface area contributed by atoms with Crippen LogP contribution >= 0.6 is 11.6 Å². The highest BCUT2D eigenvalue weighted by Crippen LogP contribution is 2.31. The molecule has 0 bridgehead atoms. The van der Waals surface area contributed by atoms with E-state index in [1.54, 1.807) is 19.5 Å². The third-order valence-corrected chi connectivity index (χ3v) is 3.49. The van der Waals surface area contributed by atoms with Gasteiger partial charge in [0.2, 0.25) is 0 Å². The second kappa shape index (κ2) is 4.76. The summed E-state index contributed by atoms with van der Waals surface area (Å²) in [5, 5.41) is 4.90. The van der Waals surface area contributed by atoms with Crippen molar-refractivity contribution in [3.63, 3.8) is 0 Å².